The van der Waals surface area contributed by atoms with Crippen molar-refractivity contribution in [3.05, 3.63) is 78.4 Å². The summed E-state index contributed by atoms with van der Waals surface area (Å²) >= 11 is 0. The Hall–Kier alpha value is -2.70. The van der Waals surface area contributed by atoms with Gasteiger partial charge in [0.1, 0.15) is 0 Å². The van der Waals surface area contributed by atoms with Crippen molar-refractivity contribution >= 4 is 26.7 Å². The summed E-state index contributed by atoms with van der Waals surface area (Å²) in [5.74, 6) is 0.0171. The molecule has 0 aliphatic carbocycles. The van der Waals surface area contributed by atoms with Crippen LogP contribution in [-0.2, 0) is 14.8 Å². The smallest absolute Gasteiger partial charge is 0.240 e. The topological polar surface area (TPSA) is 75.3 Å². The fraction of sp³-hybridized carbons (Fsp3) is 0.227. The Morgan fingerprint density at radius 1 is 0.929 bits per heavy atom. The highest BCUT2D eigenvalue weighted by Crippen LogP contribution is 2.18. The first kappa shape index (κ1) is 20.0. The molecule has 0 aliphatic rings. The summed E-state index contributed by atoms with van der Waals surface area (Å²) in [7, 11) is -3.65. The number of rotatable bonds is 8. The van der Waals surface area contributed by atoms with Crippen LogP contribution in [0, 0.1) is 0 Å². The van der Waals surface area contributed by atoms with Gasteiger partial charge >= 0.3 is 0 Å². The molecule has 0 aliphatic heterocycles. The minimum Gasteiger partial charge on any atom is -0.355 e. The largest absolute Gasteiger partial charge is 0.355 e. The number of benzene rings is 3. The Morgan fingerprint density at radius 2 is 1.61 bits per heavy atom. The first-order chi connectivity index (χ1) is 13.5. The van der Waals surface area contributed by atoms with E-state index in [-0.39, 0.29) is 29.7 Å². The molecule has 1 amide bonds. The Morgan fingerprint density at radius 3 is 2.36 bits per heavy atom. The molecule has 1 atom stereocenters. The van der Waals surface area contributed by atoms with E-state index >= 15 is 0 Å². The zero-order valence-corrected chi connectivity index (χ0v) is 16.6. The van der Waals surface area contributed by atoms with Gasteiger partial charge in [0.05, 0.1) is 4.90 Å². The maximum atomic E-state index is 12.5. The summed E-state index contributed by atoms with van der Waals surface area (Å²) in [6.07, 6.45) is 0.0916. The quantitative estimate of drug-likeness (QED) is 0.613. The molecule has 0 spiro atoms. The van der Waals surface area contributed by atoms with Crippen LogP contribution in [0.2, 0.25) is 0 Å². The highest BCUT2D eigenvalue weighted by atomic mass is 32.2. The third kappa shape index (κ3) is 5.18. The van der Waals surface area contributed by atoms with Gasteiger partial charge in [-0.2, -0.15) is 0 Å². The maximum Gasteiger partial charge on any atom is 0.240 e. The van der Waals surface area contributed by atoms with Crippen molar-refractivity contribution in [3.63, 3.8) is 0 Å². The molecule has 5 nitrogen and oxygen atoms in total. The van der Waals surface area contributed by atoms with Crippen LogP contribution in [0.25, 0.3) is 10.8 Å². The molecule has 0 radical (unpaired) electrons. The molecule has 0 bridgehead atoms. The maximum absolute atomic E-state index is 12.5. The fourth-order valence-electron chi connectivity index (χ4n) is 2.97. The average Bonchev–Trinajstić information content (AvgIpc) is 2.72. The van der Waals surface area contributed by atoms with Crippen molar-refractivity contribution in [3.8, 4) is 0 Å². The van der Waals surface area contributed by atoms with Gasteiger partial charge < -0.3 is 5.32 Å². The van der Waals surface area contributed by atoms with E-state index < -0.39 is 10.0 Å². The molecule has 6 heteroatoms. The van der Waals surface area contributed by atoms with Crippen LogP contribution in [0.1, 0.15) is 24.8 Å². The van der Waals surface area contributed by atoms with E-state index in [1.807, 2.05) is 61.5 Å². The van der Waals surface area contributed by atoms with Gasteiger partial charge in [-0.15, -0.1) is 0 Å². The second-order valence-corrected chi connectivity index (χ2v) is 8.54. The lowest BCUT2D eigenvalue weighted by molar-refractivity contribution is -0.120. The fourth-order valence-corrected chi connectivity index (χ4v) is 4.04. The van der Waals surface area contributed by atoms with Crippen molar-refractivity contribution in [1.29, 1.82) is 0 Å². The number of hydrogen-bond donors (Lipinski definition) is 2. The number of amides is 1. The molecule has 146 valence electrons. The number of sulfonamides is 1. The lowest BCUT2D eigenvalue weighted by atomic mass is 10.0. The first-order valence-corrected chi connectivity index (χ1v) is 10.7. The Bertz CT molecular complexity index is 1050. The van der Waals surface area contributed by atoms with Crippen LogP contribution in [0.15, 0.2) is 77.7 Å². The van der Waals surface area contributed by atoms with Gasteiger partial charge in [-0.3, -0.25) is 4.79 Å². The van der Waals surface area contributed by atoms with Crippen molar-refractivity contribution in [1.82, 2.24) is 10.0 Å². The lowest BCUT2D eigenvalue weighted by Gasteiger charge is -2.13. The highest BCUT2D eigenvalue weighted by Gasteiger charge is 2.15. The zero-order valence-electron chi connectivity index (χ0n) is 15.8. The summed E-state index contributed by atoms with van der Waals surface area (Å²) in [6, 6.07) is 22.5. The molecule has 3 rings (SSSR count). The number of fused-ring (bicyclic) bond motifs is 1. The molecule has 3 aromatic rings. The standard InChI is InChI=1S/C22H24N2O3S/c1-17(18-7-3-2-4-8-18)16-23-22(25)13-14-24-28(26,27)21-12-11-19-9-5-6-10-20(19)15-21/h2-12,15,17,24H,13-14,16H2,1H3,(H,23,25). The number of nitrogens with one attached hydrogen (secondary N) is 2. The Kier molecular flexibility index (Phi) is 6.44. The van der Waals surface area contributed by atoms with Crippen molar-refractivity contribution in [2.45, 2.75) is 24.2 Å². The van der Waals surface area contributed by atoms with Crippen LogP contribution < -0.4 is 10.0 Å². The predicted molar refractivity (Wildman–Crippen MR) is 112 cm³/mol. The van der Waals surface area contributed by atoms with E-state index in [0.29, 0.717) is 6.54 Å². The van der Waals surface area contributed by atoms with E-state index in [4.69, 9.17) is 0 Å². The minimum absolute atomic E-state index is 0.0563. The molecule has 0 heterocycles. The summed E-state index contributed by atoms with van der Waals surface area (Å²) in [4.78, 5) is 12.2. The van der Waals surface area contributed by atoms with Gasteiger partial charge in [0.2, 0.25) is 15.9 Å². The lowest BCUT2D eigenvalue weighted by Crippen LogP contribution is -2.32. The van der Waals surface area contributed by atoms with Gasteiger partial charge in [0.25, 0.3) is 0 Å². The average molecular weight is 397 g/mol. The van der Waals surface area contributed by atoms with E-state index in [9.17, 15) is 13.2 Å². The first-order valence-electron chi connectivity index (χ1n) is 9.26. The molecule has 1 unspecified atom stereocenters. The Balaban J connectivity index is 1.49. The van der Waals surface area contributed by atoms with Crippen LogP contribution >= 0.6 is 0 Å². The number of carbonyl (C=O) groups excluding carboxylic acids is 1. The molecule has 0 aromatic heterocycles. The second-order valence-electron chi connectivity index (χ2n) is 6.77. The van der Waals surface area contributed by atoms with E-state index in [2.05, 4.69) is 10.0 Å². The minimum atomic E-state index is -3.65. The number of hydrogen-bond acceptors (Lipinski definition) is 3. The van der Waals surface area contributed by atoms with Crippen molar-refractivity contribution in [2.24, 2.45) is 0 Å². The Labute approximate surface area is 165 Å². The van der Waals surface area contributed by atoms with Gasteiger partial charge in [-0.25, -0.2) is 13.1 Å². The molecular formula is C22H24N2O3S. The third-order valence-electron chi connectivity index (χ3n) is 4.65. The molecule has 2 N–H and O–H groups in total. The van der Waals surface area contributed by atoms with E-state index in [1.54, 1.807) is 18.2 Å². The van der Waals surface area contributed by atoms with Gasteiger partial charge in [0.15, 0.2) is 0 Å². The third-order valence-corrected chi connectivity index (χ3v) is 6.11. The van der Waals surface area contributed by atoms with Crippen LogP contribution in [-0.4, -0.2) is 27.4 Å². The molecule has 3 aromatic carbocycles. The molecular weight excluding hydrogens is 372 g/mol. The van der Waals surface area contributed by atoms with E-state index in [0.717, 1.165) is 16.3 Å². The second kappa shape index (κ2) is 8.99. The van der Waals surface area contributed by atoms with Crippen LogP contribution in [0.3, 0.4) is 0 Å². The normalized spacial score (nSPS) is 12.6. The zero-order chi connectivity index (χ0) is 20.0. The molecule has 0 saturated heterocycles. The molecule has 0 fully saturated rings. The van der Waals surface area contributed by atoms with Crippen LogP contribution in [0.5, 0.6) is 0 Å². The van der Waals surface area contributed by atoms with E-state index in [1.165, 1.54) is 0 Å². The molecule has 28 heavy (non-hydrogen) atoms. The SMILES string of the molecule is CC(CNC(=O)CCNS(=O)(=O)c1ccc2ccccc2c1)c1ccccc1. The summed E-state index contributed by atoms with van der Waals surface area (Å²) in [5, 5.41) is 4.70. The predicted octanol–water partition coefficient (Wildman–Crippen LogP) is 3.43. The van der Waals surface area contributed by atoms with Gasteiger partial charge in [-0.05, 0) is 34.4 Å². The summed E-state index contributed by atoms with van der Waals surface area (Å²) < 4.78 is 27.4. The summed E-state index contributed by atoms with van der Waals surface area (Å²) in [6.45, 7) is 2.61. The highest BCUT2D eigenvalue weighted by molar-refractivity contribution is 7.89. The van der Waals surface area contributed by atoms with Crippen molar-refractivity contribution < 1.29 is 13.2 Å². The van der Waals surface area contributed by atoms with Crippen molar-refractivity contribution in [2.75, 3.05) is 13.1 Å². The van der Waals surface area contributed by atoms with Crippen LogP contribution in [0.4, 0.5) is 0 Å². The summed E-state index contributed by atoms with van der Waals surface area (Å²) in [5.41, 5.74) is 1.15. The van der Waals surface area contributed by atoms with Gasteiger partial charge in [-0.1, -0.05) is 67.6 Å². The monoisotopic (exact) mass is 396 g/mol. The number of carbonyl (C=O) groups is 1. The molecule has 0 saturated carbocycles. The van der Waals surface area contributed by atoms with Gasteiger partial charge in [0, 0.05) is 19.5 Å².